The summed E-state index contributed by atoms with van der Waals surface area (Å²) in [6.07, 6.45) is 1.32. The summed E-state index contributed by atoms with van der Waals surface area (Å²) in [5.74, 6) is -1.18. The minimum atomic E-state index is -0.903. The molecule has 1 aliphatic rings. The van der Waals surface area contributed by atoms with Crippen LogP contribution in [0.4, 0.5) is 10.1 Å². The molecule has 2 rings (SSSR count). The predicted molar refractivity (Wildman–Crippen MR) is 69.8 cm³/mol. The van der Waals surface area contributed by atoms with Crippen LogP contribution in [0.2, 0.25) is 0 Å². The van der Waals surface area contributed by atoms with Crippen molar-refractivity contribution < 1.29 is 19.0 Å². The zero-order chi connectivity index (χ0) is 13.9. The summed E-state index contributed by atoms with van der Waals surface area (Å²) < 4.78 is 18.5. The molecular weight excluding hydrogens is 249 g/mol. The molecule has 1 N–H and O–H groups in total. The Kier molecular flexibility index (Phi) is 4.04. The van der Waals surface area contributed by atoms with Gasteiger partial charge in [-0.2, -0.15) is 0 Å². The zero-order valence-corrected chi connectivity index (χ0v) is 10.9. The summed E-state index contributed by atoms with van der Waals surface area (Å²) in [6.45, 7) is 1.13. The van der Waals surface area contributed by atoms with Gasteiger partial charge in [0.1, 0.15) is 11.2 Å². The van der Waals surface area contributed by atoms with Crippen LogP contribution in [0.15, 0.2) is 24.3 Å². The highest BCUT2D eigenvalue weighted by molar-refractivity contribution is 5.76. The normalized spacial score (nSPS) is 23.1. The first-order valence-electron chi connectivity index (χ1n) is 6.31. The van der Waals surface area contributed by atoms with Gasteiger partial charge in [0.25, 0.3) is 0 Å². The fourth-order valence-corrected chi connectivity index (χ4v) is 2.47. The predicted octanol–water partition coefficient (Wildman–Crippen LogP) is 2.14. The Bertz CT molecular complexity index is 458. The van der Waals surface area contributed by atoms with Crippen LogP contribution < -0.4 is 4.90 Å². The molecule has 0 amide bonds. The van der Waals surface area contributed by atoms with Gasteiger partial charge in [-0.15, -0.1) is 0 Å². The molecule has 0 spiro atoms. The molecule has 4 nitrogen and oxygen atoms in total. The fraction of sp³-hybridized carbons (Fsp3) is 0.500. The molecule has 0 radical (unpaired) electrons. The van der Waals surface area contributed by atoms with Gasteiger partial charge in [0.05, 0.1) is 6.61 Å². The van der Waals surface area contributed by atoms with Gasteiger partial charge in [-0.25, -0.2) is 4.39 Å². The number of hydrogen-bond acceptors (Lipinski definition) is 3. The average molecular weight is 267 g/mol. The number of halogens is 1. The van der Waals surface area contributed by atoms with Crippen molar-refractivity contribution in [1.82, 2.24) is 0 Å². The van der Waals surface area contributed by atoms with E-state index in [0.29, 0.717) is 25.3 Å². The number of nitrogens with zero attached hydrogens (tertiary/aromatic N) is 1. The number of carbonyl (C=O) groups is 1. The van der Waals surface area contributed by atoms with Gasteiger partial charge in [0, 0.05) is 25.9 Å². The molecule has 0 saturated carbocycles. The number of carboxylic acid groups (broad SMARTS) is 1. The molecule has 19 heavy (non-hydrogen) atoms. The van der Waals surface area contributed by atoms with Gasteiger partial charge in [0.15, 0.2) is 0 Å². The summed E-state index contributed by atoms with van der Waals surface area (Å²) in [4.78, 5) is 13.3. The maximum absolute atomic E-state index is 13.2. The molecule has 0 aliphatic carbocycles. The molecule has 1 heterocycles. The first kappa shape index (κ1) is 13.8. The van der Waals surface area contributed by atoms with Gasteiger partial charge in [-0.05, 0) is 31.0 Å². The summed E-state index contributed by atoms with van der Waals surface area (Å²) >= 11 is 0. The van der Waals surface area contributed by atoms with Crippen molar-refractivity contribution in [2.24, 2.45) is 5.41 Å². The molecule has 1 fully saturated rings. The third-order valence-electron chi connectivity index (χ3n) is 3.56. The van der Waals surface area contributed by atoms with E-state index >= 15 is 0 Å². The van der Waals surface area contributed by atoms with Gasteiger partial charge >= 0.3 is 5.97 Å². The highest BCUT2D eigenvalue weighted by Gasteiger charge is 2.41. The molecule has 0 aromatic heterocycles. The number of anilines is 1. The van der Waals surface area contributed by atoms with Gasteiger partial charge in [-0.1, -0.05) is 6.07 Å². The topological polar surface area (TPSA) is 49.8 Å². The molecule has 1 saturated heterocycles. The molecule has 1 aromatic carbocycles. The van der Waals surface area contributed by atoms with Crippen molar-refractivity contribution >= 4 is 11.7 Å². The number of ether oxygens (including phenoxy) is 1. The van der Waals surface area contributed by atoms with Crippen molar-refractivity contribution in [2.75, 3.05) is 31.7 Å². The van der Waals surface area contributed by atoms with E-state index < -0.39 is 11.4 Å². The average Bonchev–Trinajstić information content (AvgIpc) is 2.39. The highest BCUT2D eigenvalue weighted by atomic mass is 19.1. The Hall–Kier alpha value is -1.62. The van der Waals surface area contributed by atoms with Crippen LogP contribution in [-0.2, 0) is 9.53 Å². The zero-order valence-electron chi connectivity index (χ0n) is 10.9. The van der Waals surface area contributed by atoms with Crippen LogP contribution in [-0.4, -0.2) is 37.9 Å². The second-order valence-electron chi connectivity index (χ2n) is 5.08. The molecule has 104 valence electrons. The first-order valence-corrected chi connectivity index (χ1v) is 6.31. The summed E-state index contributed by atoms with van der Waals surface area (Å²) in [7, 11) is 1.77. The van der Waals surface area contributed by atoms with E-state index in [-0.39, 0.29) is 12.4 Å². The van der Waals surface area contributed by atoms with E-state index in [4.69, 9.17) is 4.74 Å². The number of carboxylic acids is 1. The van der Waals surface area contributed by atoms with Crippen LogP contribution in [0.5, 0.6) is 0 Å². The molecule has 1 unspecified atom stereocenters. The Morgan fingerprint density at radius 1 is 1.58 bits per heavy atom. The quantitative estimate of drug-likeness (QED) is 0.908. The molecular formula is C14H18FNO3. The molecule has 5 heteroatoms. The van der Waals surface area contributed by atoms with E-state index in [1.165, 1.54) is 12.1 Å². The van der Waals surface area contributed by atoms with Gasteiger partial charge < -0.3 is 14.7 Å². The monoisotopic (exact) mass is 267 g/mol. The fourth-order valence-electron chi connectivity index (χ4n) is 2.47. The molecule has 0 bridgehead atoms. The maximum Gasteiger partial charge on any atom is 0.313 e. The lowest BCUT2D eigenvalue weighted by Crippen LogP contribution is -2.47. The van der Waals surface area contributed by atoms with Crippen LogP contribution in [0.25, 0.3) is 0 Å². The van der Waals surface area contributed by atoms with E-state index in [1.807, 2.05) is 0 Å². The number of aliphatic carboxylic acids is 1. The van der Waals surface area contributed by atoms with E-state index in [9.17, 15) is 14.3 Å². The van der Waals surface area contributed by atoms with Crippen molar-refractivity contribution in [1.29, 1.82) is 0 Å². The van der Waals surface area contributed by atoms with Crippen LogP contribution in [0.1, 0.15) is 12.8 Å². The van der Waals surface area contributed by atoms with E-state index in [0.717, 1.165) is 6.42 Å². The van der Waals surface area contributed by atoms with Crippen LogP contribution in [0, 0.1) is 11.2 Å². The second-order valence-corrected chi connectivity index (χ2v) is 5.08. The molecule has 1 aromatic rings. The second kappa shape index (κ2) is 5.57. The summed E-state index contributed by atoms with van der Waals surface area (Å²) in [6, 6.07) is 6.15. The first-order chi connectivity index (χ1) is 9.03. The SMILES string of the molecule is CN(CC1(C(=O)O)CCCOC1)c1cccc(F)c1. The summed E-state index contributed by atoms with van der Waals surface area (Å²) in [5.41, 5.74) is -0.231. The Morgan fingerprint density at radius 2 is 2.37 bits per heavy atom. The summed E-state index contributed by atoms with van der Waals surface area (Å²) in [5, 5.41) is 9.46. The third kappa shape index (κ3) is 3.04. The van der Waals surface area contributed by atoms with Crippen molar-refractivity contribution in [2.45, 2.75) is 12.8 Å². The minimum Gasteiger partial charge on any atom is -0.481 e. The Labute approximate surface area is 111 Å². The standard InChI is InChI=1S/C14H18FNO3/c1-16(12-5-2-4-11(15)8-12)9-14(13(17)18)6-3-7-19-10-14/h2,4-5,8H,3,6-7,9-10H2,1H3,(H,17,18). The van der Waals surface area contributed by atoms with Crippen molar-refractivity contribution in [3.63, 3.8) is 0 Å². The Morgan fingerprint density at radius 3 is 2.95 bits per heavy atom. The lowest BCUT2D eigenvalue weighted by Gasteiger charge is -2.36. The van der Waals surface area contributed by atoms with Gasteiger partial charge in [-0.3, -0.25) is 4.79 Å². The Balaban J connectivity index is 2.15. The highest BCUT2D eigenvalue weighted by Crippen LogP contribution is 2.31. The van der Waals surface area contributed by atoms with Crippen LogP contribution in [0.3, 0.4) is 0 Å². The number of hydrogen-bond donors (Lipinski definition) is 1. The minimum absolute atomic E-state index is 0.210. The lowest BCUT2D eigenvalue weighted by atomic mass is 9.82. The van der Waals surface area contributed by atoms with E-state index in [1.54, 1.807) is 24.1 Å². The largest absolute Gasteiger partial charge is 0.481 e. The molecule has 1 aliphatic heterocycles. The molecule has 1 atom stereocenters. The lowest BCUT2D eigenvalue weighted by molar-refractivity contribution is -0.156. The smallest absolute Gasteiger partial charge is 0.313 e. The number of benzene rings is 1. The third-order valence-corrected chi connectivity index (χ3v) is 3.56. The van der Waals surface area contributed by atoms with E-state index in [2.05, 4.69) is 0 Å². The van der Waals surface area contributed by atoms with Crippen LogP contribution >= 0.6 is 0 Å². The van der Waals surface area contributed by atoms with Crippen molar-refractivity contribution in [3.05, 3.63) is 30.1 Å². The van der Waals surface area contributed by atoms with Gasteiger partial charge in [0.2, 0.25) is 0 Å². The number of rotatable bonds is 4. The maximum atomic E-state index is 13.2. The van der Waals surface area contributed by atoms with Crippen molar-refractivity contribution in [3.8, 4) is 0 Å².